The molecule has 0 saturated carbocycles. The Balaban J connectivity index is 2.60. The summed E-state index contributed by atoms with van der Waals surface area (Å²) in [7, 11) is -4.02. The van der Waals surface area contributed by atoms with Crippen LogP contribution in [0.3, 0.4) is 0 Å². The lowest BCUT2D eigenvalue weighted by molar-refractivity contribution is -0.116. The molecule has 5 nitrogen and oxygen atoms in total. The van der Waals surface area contributed by atoms with Crippen LogP contribution in [0.15, 0.2) is 47.4 Å². The normalized spacial score (nSPS) is 11.3. The van der Waals surface area contributed by atoms with Crippen LogP contribution in [0.1, 0.15) is 5.56 Å². The van der Waals surface area contributed by atoms with Crippen molar-refractivity contribution in [2.45, 2.75) is 11.8 Å². The van der Waals surface area contributed by atoms with Gasteiger partial charge in [0.25, 0.3) is 10.0 Å². The Morgan fingerprint density at radius 3 is 2.35 bits per heavy atom. The van der Waals surface area contributed by atoms with E-state index in [0.717, 1.165) is 4.31 Å². The number of hydrogen-bond donors (Lipinski definition) is 1. The minimum atomic E-state index is -4.02. The molecule has 23 heavy (non-hydrogen) atoms. The monoisotopic (exact) mass is 372 g/mol. The highest BCUT2D eigenvalue weighted by Crippen LogP contribution is 2.30. The van der Waals surface area contributed by atoms with Gasteiger partial charge in [0.05, 0.1) is 20.6 Å². The molecule has 0 radical (unpaired) electrons. The highest BCUT2D eigenvalue weighted by atomic mass is 35.5. The molecule has 0 unspecified atom stereocenters. The van der Waals surface area contributed by atoms with Gasteiger partial charge < -0.3 is 5.73 Å². The quantitative estimate of drug-likeness (QED) is 0.875. The highest BCUT2D eigenvalue weighted by molar-refractivity contribution is 7.92. The summed E-state index contributed by atoms with van der Waals surface area (Å²) in [5, 5.41) is 0.347. The average Bonchev–Trinajstić information content (AvgIpc) is 2.48. The third kappa shape index (κ3) is 3.77. The van der Waals surface area contributed by atoms with Gasteiger partial charge in [-0.3, -0.25) is 9.10 Å². The summed E-state index contributed by atoms with van der Waals surface area (Å²) in [5.41, 5.74) is 6.28. The number of rotatable bonds is 5. The minimum absolute atomic E-state index is 0.0728. The molecule has 0 atom stereocenters. The zero-order chi connectivity index (χ0) is 17.2. The number of halogens is 2. The minimum Gasteiger partial charge on any atom is -0.368 e. The van der Waals surface area contributed by atoms with Gasteiger partial charge in [0, 0.05) is 0 Å². The van der Waals surface area contributed by atoms with Crippen molar-refractivity contribution in [2.75, 3.05) is 10.8 Å². The Morgan fingerprint density at radius 1 is 1.13 bits per heavy atom. The van der Waals surface area contributed by atoms with E-state index in [4.69, 9.17) is 28.9 Å². The Labute approximate surface area is 144 Å². The number of aryl methyl sites for hydroxylation is 1. The van der Waals surface area contributed by atoms with E-state index in [-0.39, 0.29) is 14.9 Å². The molecule has 0 spiro atoms. The first kappa shape index (κ1) is 17.6. The van der Waals surface area contributed by atoms with Gasteiger partial charge in [-0.1, -0.05) is 41.4 Å². The van der Waals surface area contributed by atoms with Gasteiger partial charge in [0.15, 0.2) is 0 Å². The number of hydrogen-bond acceptors (Lipinski definition) is 3. The standard InChI is InChI=1S/C15H14Cl2N2O3S/c1-10-4-2-3-5-14(10)19(9-15(18)20)23(21,22)11-6-7-12(16)13(17)8-11/h2-8H,9H2,1H3,(H2,18,20). The Bertz CT molecular complexity index is 854. The molecule has 0 bridgehead atoms. The molecule has 0 fully saturated rings. The maximum absolute atomic E-state index is 12.9. The van der Waals surface area contributed by atoms with Crippen LogP contribution in [0.5, 0.6) is 0 Å². The first-order chi connectivity index (χ1) is 10.7. The van der Waals surface area contributed by atoms with Crippen molar-refractivity contribution in [1.29, 1.82) is 0 Å². The molecular formula is C15H14Cl2N2O3S. The average molecular weight is 373 g/mol. The van der Waals surface area contributed by atoms with Crippen LogP contribution in [-0.2, 0) is 14.8 Å². The lowest BCUT2D eigenvalue weighted by Gasteiger charge is -2.24. The predicted octanol–water partition coefficient (Wildman–Crippen LogP) is 2.98. The van der Waals surface area contributed by atoms with Gasteiger partial charge >= 0.3 is 0 Å². The Hall–Kier alpha value is -1.76. The van der Waals surface area contributed by atoms with Crippen molar-refractivity contribution < 1.29 is 13.2 Å². The second kappa shape index (κ2) is 6.78. The van der Waals surface area contributed by atoms with Crippen LogP contribution in [-0.4, -0.2) is 20.9 Å². The maximum Gasteiger partial charge on any atom is 0.264 e. The molecule has 0 heterocycles. The van der Waals surface area contributed by atoms with Gasteiger partial charge in [-0.15, -0.1) is 0 Å². The summed E-state index contributed by atoms with van der Waals surface area (Å²) in [6.45, 7) is 1.26. The zero-order valence-electron chi connectivity index (χ0n) is 12.2. The SMILES string of the molecule is Cc1ccccc1N(CC(N)=O)S(=O)(=O)c1ccc(Cl)c(Cl)c1. The second-order valence-electron chi connectivity index (χ2n) is 4.84. The van der Waals surface area contributed by atoms with E-state index in [0.29, 0.717) is 11.3 Å². The molecule has 0 aliphatic rings. The molecular weight excluding hydrogens is 359 g/mol. The van der Waals surface area contributed by atoms with Gasteiger partial charge in [-0.2, -0.15) is 0 Å². The maximum atomic E-state index is 12.9. The summed E-state index contributed by atoms with van der Waals surface area (Å²) in [4.78, 5) is 11.3. The van der Waals surface area contributed by atoms with Gasteiger partial charge in [-0.25, -0.2) is 8.42 Å². The van der Waals surface area contributed by atoms with Gasteiger partial charge in [-0.05, 0) is 36.8 Å². The predicted molar refractivity (Wildman–Crippen MR) is 91.4 cm³/mol. The van der Waals surface area contributed by atoms with Crippen molar-refractivity contribution in [3.63, 3.8) is 0 Å². The van der Waals surface area contributed by atoms with Crippen LogP contribution in [0.25, 0.3) is 0 Å². The number of para-hydroxylation sites is 1. The van der Waals surface area contributed by atoms with E-state index in [1.807, 2.05) is 0 Å². The summed E-state index contributed by atoms with van der Waals surface area (Å²) in [6, 6.07) is 10.8. The first-order valence-electron chi connectivity index (χ1n) is 6.55. The van der Waals surface area contributed by atoms with Crippen molar-refractivity contribution in [2.24, 2.45) is 5.73 Å². The van der Waals surface area contributed by atoms with Crippen molar-refractivity contribution in [1.82, 2.24) is 0 Å². The fourth-order valence-corrected chi connectivity index (χ4v) is 3.93. The third-order valence-electron chi connectivity index (χ3n) is 3.16. The smallest absolute Gasteiger partial charge is 0.264 e. The number of carbonyl (C=O) groups excluding carboxylic acids is 1. The zero-order valence-corrected chi connectivity index (χ0v) is 14.5. The molecule has 122 valence electrons. The number of anilines is 1. The highest BCUT2D eigenvalue weighted by Gasteiger charge is 2.28. The molecule has 2 aromatic carbocycles. The van der Waals surface area contributed by atoms with Crippen molar-refractivity contribution in [3.8, 4) is 0 Å². The van der Waals surface area contributed by atoms with Crippen LogP contribution < -0.4 is 10.0 Å². The van der Waals surface area contributed by atoms with Crippen LogP contribution in [0.4, 0.5) is 5.69 Å². The number of sulfonamides is 1. The fraction of sp³-hybridized carbons (Fsp3) is 0.133. The number of benzene rings is 2. The van der Waals surface area contributed by atoms with Crippen LogP contribution in [0.2, 0.25) is 10.0 Å². The number of nitrogens with two attached hydrogens (primary N) is 1. The number of carbonyl (C=O) groups is 1. The number of nitrogens with zero attached hydrogens (tertiary/aromatic N) is 1. The lowest BCUT2D eigenvalue weighted by Crippen LogP contribution is -2.39. The third-order valence-corrected chi connectivity index (χ3v) is 5.66. The Morgan fingerprint density at radius 2 is 1.78 bits per heavy atom. The molecule has 1 amide bonds. The van der Waals surface area contributed by atoms with E-state index in [1.54, 1.807) is 31.2 Å². The molecule has 2 N–H and O–H groups in total. The summed E-state index contributed by atoms with van der Waals surface area (Å²) < 4.78 is 26.8. The summed E-state index contributed by atoms with van der Waals surface area (Å²) in [5.74, 6) is -0.767. The molecule has 0 saturated heterocycles. The molecule has 8 heteroatoms. The van der Waals surface area contributed by atoms with Gasteiger partial charge in [0.1, 0.15) is 6.54 Å². The number of amides is 1. The molecule has 0 aliphatic carbocycles. The van der Waals surface area contributed by atoms with Crippen LogP contribution >= 0.6 is 23.2 Å². The molecule has 0 aromatic heterocycles. The number of primary amides is 1. The van der Waals surface area contributed by atoms with E-state index >= 15 is 0 Å². The summed E-state index contributed by atoms with van der Waals surface area (Å²) in [6.07, 6.45) is 0. The topological polar surface area (TPSA) is 80.5 Å². The molecule has 2 aromatic rings. The molecule has 0 aliphatic heterocycles. The first-order valence-corrected chi connectivity index (χ1v) is 8.75. The van der Waals surface area contributed by atoms with Crippen molar-refractivity contribution >= 4 is 44.8 Å². The second-order valence-corrected chi connectivity index (χ2v) is 7.52. The largest absolute Gasteiger partial charge is 0.368 e. The van der Waals surface area contributed by atoms with E-state index in [2.05, 4.69) is 0 Å². The van der Waals surface area contributed by atoms with E-state index in [9.17, 15) is 13.2 Å². The van der Waals surface area contributed by atoms with Gasteiger partial charge in [0.2, 0.25) is 5.91 Å². The van der Waals surface area contributed by atoms with Crippen LogP contribution in [0, 0.1) is 6.92 Å². The fourth-order valence-electron chi connectivity index (χ4n) is 2.05. The lowest BCUT2D eigenvalue weighted by atomic mass is 10.2. The summed E-state index contributed by atoms with van der Waals surface area (Å²) >= 11 is 11.7. The van der Waals surface area contributed by atoms with Crippen molar-refractivity contribution in [3.05, 3.63) is 58.1 Å². The van der Waals surface area contributed by atoms with E-state index in [1.165, 1.54) is 18.2 Å². The molecule has 2 rings (SSSR count). The van der Waals surface area contributed by atoms with E-state index < -0.39 is 22.5 Å². The Kier molecular flexibility index (Phi) is 5.19.